The topological polar surface area (TPSA) is 22.4 Å². The van der Waals surface area contributed by atoms with E-state index in [1.54, 1.807) is 17.8 Å². The van der Waals surface area contributed by atoms with Crippen LogP contribution in [-0.4, -0.2) is 24.7 Å². The first-order valence-electron chi connectivity index (χ1n) is 4.33. The van der Waals surface area contributed by atoms with Crippen molar-refractivity contribution in [1.82, 2.24) is 0 Å². The molecule has 0 aliphatic rings. The average molecular weight is 253 g/mol. The minimum Gasteiger partial charge on any atom is -0.449 e. The van der Waals surface area contributed by atoms with Crippen LogP contribution in [-0.2, 0) is 10.5 Å². The molecule has 80 valence electrons. The van der Waals surface area contributed by atoms with Crippen molar-refractivity contribution in [2.45, 2.75) is 5.75 Å². The van der Waals surface area contributed by atoms with Gasteiger partial charge in [-0.3, -0.25) is 0 Å². The van der Waals surface area contributed by atoms with E-state index in [-0.39, 0.29) is 0 Å². The molecule has 14 heavy (non-hydrogen) atoms. The maximum Gasteiger partial charge on any atom is 0.193 e. The van der Waals surface area contributed by atoms with Gasteiger partial charge in [-0.05, 0) is 23.7 Å². The molecule has 0 N–H and O–H groups in total. The Morgan fingerprint density at radius 3 is 2.93 bits per heavy atom. The highest BCUT2D eigenvalue weighted by Crippen LogP contribution is 2.18. The minimum absolute atomic E-state index is 0.451. The molecular formula is C9H13ClO2S2. The third-order valence-electron chi connectivity index (χ3n) is 1.48. The number of hydrogen-bond donors (Lipinski definition) is 1. The van der Waals surface area contributed by atoms with Gasteiger partial charge in [-0.15, -0.1) is 0 Å². The van der Waals surface area contributed by atoms with Crippen LogP contribution in [0.5, 0.6) is 0 Å². The van der Waals surface area contributed by atoms with E-state index in [1.807, 2.05) is 6.07 Å². The van der Waals surface area contributed by atoms with Gasteiger partial charge < -0.3 is 9.15 Å². The fourth-order valence-electron chi connectivity index (χ4n) is 0.887. The van der Waals surface area contributed by atoms with E-state index in [1.165, 1.54) is 0 Å². The van der Waals surface area contributed by atoms with Crippen LogP contribution >= 0.6 is 36.0 Å². The van der Waals surface area contributed by atoms with Gasteiger partial charge >= 0.3 is 0 Å². The molecule has 1 aromatic heterocycles. The molecule has 0 fully saturated rings. The lowest BCUT2D eigenvalue weighted by Gasteiger charge is -2.00. The fourth-order valence-corrected chi connectivity index (χ4v) is 1.91. The summed E-state index contributed by atoms with van der Waals surface area (Å²) in [6.45, 7) is 1.48. The van der Waals surface area contributed by atoms with Gasteiger partial charge in [0.05, 0.1) is 19.0 Å². The van der Waals surface area contributed by atoms with Crippen molar-refractivity contribution in [3.8, 4) is 0 Å². The normalized spacial score (nSPS) is 10.7. The number of rotatable bonds is 7. The zero-order chi connectivity index (χ0) is 10.2. The molecule has 2 nitrogen and oxygen atoms in total. The van der Waals surface area contributed by atoms with Crippen LogP contribution in [0.15, 0.2) is 16.5 Å². The molecule has 0 spiro atoms. The van der Waals surface area contributed by atoms with E-state index in [0.29, 0.717) is 5.22 Å². The maximum absolute atomic E-state index is 5.63. The monoisotopic (exact) mass is 252 g/mol. The van der Waals surface area contributed by atoms with Gasteiger partial charge in [0.15, 0.2) is 5.22 Å². The number of thiol groups is 1. The lowest BCUT2D eigenvalue weighted by Crippen LogP contribution is -2.00. The summed E-state index contributed by atoms with van der Waals surface area (Å²) in [5.74, 6) is 3.50. The highest BCUT2D eigenvalue weighted by molar-refractivity contribution is 7.98. The molecule has 1 heterocycles. The average Bonchev–Trinajstić information content (AvgIpc) is 2.58. The van der Waals surface area contributed by atoms with Gasteiger partial charge in [0, 0.05) is 11.5 Å². The van der Waals surface area contributed by atoms with Crippen LogP contribution in [0.25, 0.3) is 0 Å². The summed E-state index contributed by atoms with van der Waals surface area (Å²) in [5, 5.41) is 0.451. The number of halogens is 1. The largest absolute Gasteiger partial charge is 0.449 e. The third-order valence-corrected chi connectivity index (χ3v) is 2.81. The smallest absolute Gasteiger partial charge is 0.193 e. The molecule has 1 aromatic rings. The quantitative estimate of drug-likeness (QED) is 0.596. The first kappa shape index (κ1) is 12.3. The minimum atomic E-state index is 0.451. The molecule has 0 saturated carbocycles. The van der Waals surface area contributed by atoms with Crippen LogP contribution in [0.4, 0.5) is 0 Å². The van der Waals surface area contributed by atoms with Gasteiger partial charge in [-0.1, -0.05) is 0 Å². The van der Waals surface area contributed by atoms with Crippen molar-refractivity contribution in [2.24, 2.45) is 0 Å². The molecule has 5 heteroatoms. The van der Waals surface area contributed by atoms with E-state index in [9.17, 15) is 0 Å². The summed E-state index contributed by atoms with van der Waals surface area (Å²) in [5.41, 5.74) is 0. The van der Waals surface area contributed by atoms with Gasteiger partial charge in [-0.25, -0.2) is 0 Å². The molecule has 0 bridgehead atoms. The summed E-state index contributed by atoms with van der Waals surface area (Å²) >= 11 is 11.4. The molecule has 0 amide bonds. The van der Waals surface area contributed by atoms with Crippen LogP contribution in [0.3, 0.4) is 0 Å². The second-order valence-electron chi connectivity index (χ2n) is 2.59. The number of furan rings is 1. The van der Waals surface area contributed by atoms with Crippen molar-refractivity contribution in [3.63, 3.8) is 0 Å². The summed E-state index contributed by atoms with van der Waals surface area (Å²) in [6.07, 6.45) is 0. The van der Waals surface area contributed by atoms with E-state index in [0.717, 1.165) is 36.2 Å². The fraction of sp³-hybridized carbons (Fsp3) is 0.556. The van der Waals surface area contributed by atoms with Crippen molar-refractivity contribution in [1.29, 1.82) is 0 Å². The highest BCUT2D eigenvalue weighted by atomic mass is 35.5. The Bertz CT molecular complexity index is 253. The lowest BCUT2D eigenvalue weighted by molar-refractivity contribution is 0.167. The van der Waals surface area contributed by atoms with Gasteiger partial charge in [0.1, 0.15) is 5.76 Å². The van der Waals surface area contributed by atoms with E-state index >= 15 is 0 Å². The van der Waals surface area contributed by atoms with Crippen molar-refractivity contribution in [2.75, 3.05) is 24.7 Å². The van der Waals surface area contributed by atoms with Gasteiger partial charge in [0.25, 0.3) is 0 Å². The second kappa shape index (κ2) is 7.51. The number of thioether (sulfide) groups is 1. The zero-order valence-electron chi connectivity index (χ0n) is 7.74. The van der Waals surface area contributed by atoms with Crippen molar-refractivity contribution >= 4 is 36.0 Å². The second-order valence-corrected chi connectivity index (χ2v) is 4.52. The number of ether oxygens (including phenoxy) is 1. The predicted octanol–water partition coefficient (Wildman–Crippen LogP) is 3.11. The van der Waals surface area contributed by atoms with E-state index in [4.69, 9.17) is 20.8 Å². The van der Waals surface area contributed by atoms with Crippen LogP contribution in [0.2, 0.25) is 5.22 Å². The molecule has 0 atom stereocenters. The Morgan fingerprint density at radius 1 is 1.43 bits per heavy atom. The van der Waals surface area contributed by atoms with Crippen LogP contribution in [0, 0.1) is 0 Å². The molecule has 0 unspecified atom stereocenters. The molecule has 0 aliphatic heterocycles. The van der Waals surface area contributed by atoms with Crippen molar-refractivity contribution < 1.29 is 9.15 Å². The van der Waals surface area contributed by atoms with Crippen molar-refractivity contribution in [3.05, 3.63) is 23.1 Å². The third kappa shape index (κ3) is 5.20. The van der Waals surface area contributed by atoms with Crippen LogP contribution < -0.4 is 0 Å². The summed E-state index contributed by atoms with van der Waals surface area (Å²) in [6, 6.07) is 3.65. The first-order chi connectivity index (χ1) is 6.83. The molecular weight excluding hydrogens is 240 g/mol. The van der Waals surface area contributed by atoms with E-state index in [2.05, 4.69) is 12.6 Å². The summed E-state index contributed by atoms with van der Waals surface area (Å²) in [7, 11) is 0. The lowest BCUT2D eigenvalue weighted by atomic mass is 10.5. The molecule has 0 saturated heterocycles. The molecule has 0 aromatic carbocycles. The number of hydrogen-bond acceptors (Lipinski definition) is 4. The maximum atomic E-state index is 5.63. The Kier molecular flexibility index (Phi) is 6.60. The first-order valence-corrected chi connectivity index (χ1v) is 6.50. The molecule has 1 rings (SSSR count). The Hall–Kier alpha value is 0.230. The van der Waals surface area contributed by atoms with Crippen LogP contribution in [0.1, 0.15) is 5.76 Å². The van der Waals surface area contributed by atoms with Gasteiger partial charge in [0.2, 0.25) is 0 Å². The standard InChI is InChI=1S/C9H13ClO2S2/c10-9-2-1-8(12-9)7-14-6-4-11-3-5-13/h1-2,13H,3-7H2. The predicted molar refractivity (Wildman–Crippen MR) is 64.6 cm³/mol. The Balaban J connectivity index is 1.99. The Labute approximate surface area is 98.7 Å². The SMILES string of the molecule is SCCOCCSCc1ccc(Cl)o1. The zero-order valence-corrected chi connectivity index (χ0v) is 10.2. The Morgan fingerprint density at radius 2 is 2.29 bits per heavy atom. The summed E-state index contributed by atoms with van der Waals surface area (Å²) < 4.78 is 10.5. The highest BCUT2D eigenvalue weighted by Gasteiger charge is 1.99. The van der Waals surface area contributed by atoms with Gasteiger partial charge in [-0.2, -0.15) is 24.4 Å². The van der Waals surface area contributed by atoms with E-state index < -0.39 is 0 Å². The summed E-state index contributed by atoms with van der Waals surface area (Å²) in [4.78, 5) is 0. The molecule has 0 aliphatic carbocycles. The molecule has 0 radical (unpaired) electrons.